The van der Waals surface area contributed by atoms with Crippen LogP contribution in [-0.4, -0.2) is 32.7 Å². The van der Waals surface area contributed by atoms with E-state index < -0.39 is 0 Å². The minimum absolute atomic E-state index is 0. The molecule has 29 heavy (non-hydrogen) atoms. The number of halogens is 2. The minimum Gasteiger partial charge on any atom is -0.373 e. The fraction of sp³-hybridized carbons (Fsp3) is 0.435. The topological polar surface area (TPSA) is 45.7 Å². The molecule has 2 aromatic carbocycles. The summed E-state index contributed by atoms with van der Waals surface area (Å²) in [7, 11) is 1.77. The Morgan fingerprint density at radius 1 is 1.17 bits per heavy atom. The summed E-state index contributed by atoms with van der Waals surface area (Å²) in [6.07, 6.45) is 3.08. The lowest BCUT2D eigenvalue weighted by atomic mass is 9.89. The van der Waals surface area contributed by atoms with Crippen LogP contribution in [0.4, 0.5) is 4.39 Å². The SMILES string of the molecule is CN=C(NCCc1cccc(F)c1)NCC1CCCOC1c1ccc(C)cc1.I. The normalized spacial score (nSPS) is 19.3. The summed E-state index contributed by atoms with van der Waals surface area (Å²) in [5, 5.41) is 6.75. The van der Waals surface area contributed by atoms with E-state index >= 15 is 0 Å². The third-order valence-electron chi connectivity index (χ3n) is 5.20. The summed E-state index contributed by atoms with van der Waals surface area (Å²) in [6, 6.07) is 15.3. The lowest BCUT2D eigenvalue weighted by Crippen LogP contribution is -2.42. The molecular formula is C23H31FIN3O. The zero-order valence-corrected chi connectivity index (χ0v) is 19.5. The fourth-order valence-corrected chi connectivity index (χ4v) is 3.64. The van der Waals surface area contributed by atoms with Crippen LogP contribution in [0.5, 0.6) is 0 Å². The molecule has 2 atom stereocenters. The Kier molecular flexibility index (Phi) is 9.87. The highest BCUT2D eigenvalue weighted by atomic mass is 127. The zero-order valence-electron chi connectivity index (χ0n) is 17.2. The zero-order chi connectivity index (χ0) is 19.8. The summed E-state index contributed by atoms with van der Waals surface area (Å²) in [4.78, 5) is 4.31. The quantitative estimate of drug-likeness (QED) is 0.338. The van der Waals surface area contributed by atoms with Crippen molar-refractivity contribution < 1.29 is 9.13 Å². The van der Waals surface area contributed by atoms with Crippen molar-refractivity contribution in [2.45, 2.75) is 32.3 Å². The largest absolute Gasteiger partial charge is 0.373 e. The van der Waals surface area contributed by atoms with E-state index in [0.717, 1.165) is 43.9 Å². The number of nitrogens with zero attached hydrogens (tertiary/aromatic N) is 1. The number of hydrogen-bond acceptors (Lipinski definition) is 2. The van der Waals surface area contributed by atoms with Crippen molar-refractivity contribution >= 4 is 29.9 Å². The van der Waals surface area contributed by atoms with Gasteiger partial charge in [0.15, 0.2) is 5.96 Å². The standard InChI is InChI=1S/C23H30FN3O.HI/c1-17-8-10-19(11-9-17)22-20(6-4-14-28-22)16-27-23(25-2)26-13-12-18-5-3-7-21(24)15-18;/h3,5,7-11,15,20,22H,4,6,12-14,16H2,1-2H3,(H2,25,26,27);1H. The van der Waals surface area contributed by atoms with Crippen molar-refractivity contribution in [2.75, 3.05) is 26.7 Å². The molecule has 1 saturated heterocycles. The molecule has 0 bridgehead atoms. The van der Waals surface area contributed by atoms with E-state index in [2.05, 4.69) is 46.8 Å². The molecule has 2 unspecified atom stereocenters. The summed E-state index contributed by atoms with van der Waals surface area (Å²) >= 11 is 0. The lowest BCUT2D eigenvalue weighted by Gasteiger charge is -2.32. The average molecular weight is 511 g/mol. The van der Waals surface area contributed by atoms with E-state index in [1.165, 1.54) is 17.2 Å². The van der Waals surface area contributed by atoms with Gasteiger partial charge in [0.05, 0.1) is 6.10 Å². The molecule has 0 radical (unpaired) electrons. The molecule has 3 rings (SSSR count). The van der Waals surface area contributed by atoms with Gasteiger partial charge in [-0.2, -0.15) is 0 Å². The van der Waals surface area contributed by atoms with E-state index in [-0.39, 0.29) is 35.9 Å². The smallest absolute Gasteiger partial charge is 0.190 e. The summed E-state index contributed by atoms with van der Waals surface area (Å²) in [6.45, 7) is 4.42. The minimum atomic E-state index is -0.195. The maximum Gasteiger partial charge on any atom is 0.190 e. The second kappa shape index (κ2) is 12.1. The van der Waals surface area contributed by atoms with Gasteiger partial charge >= 0.3 is 0 Å². The molecule has 6 heteroatoms. The lowest BCUT2D eigenvalue weighted by molar-refractivity contribution is -0.0265. The van der Waals surface area contributed by atoms with E-state index in [1.54, 1.807) is 19.2 Å². The first kappa shape index (κ1) is 23.6. The average Bonchev–Trinajstić information content (AvgIpc) is 2.71. The molecular weight excluding hydrogens is 480 g/mol. The molecule has 0 amide bonds. The highest BCUT2D eigenvalue weighted by Crippen LogP contribution is 2.33. The van der Waals surface area contributed by atoms with Gasteiger partial charge in [0.2, 0.25) is 0 Å². The van der Waals surface area contributed by atoms with Crippen LogP contribution in [0.2, 0.25) is 0 Å². The van der Waals surface area contributed by atoms with Crippen molar-refractivity contribution in [3.05, 3.63) is 71.0 Å². The van der Waals surface area contributed by atoms with Crippen LogP contribution >= 0.6 is 24.0 Å². The Balaban J connectivity index is 0.00000300. The molecule has 0 spiro atoms. The first-order chi connectivity index (χ1) is 13.7. The summed E-state index contributed by atoms with van der Waals surface area (Å²) in [5.74, 6) is 0.974. The molecule has 0 aromatic heterocycles. The monoisotopic (exact) mass is 511 g/mol. The highest BCUT2D eigenvalue weighted by molar-refractivity contribution is 14.0. The second-order valence-corrected chi connectivity index (χ2v) is 7.36. The van der Waals surface area contributed by atoms with Gasteiger partial charge in [-0.25, -0.2) is 4.39 Å². The van der Waals surface area contributed by atoms with Crippen LogP contribution in [-0.2, 0) is 11.2 Å². The van der Waals surface area contributed by atoms with Crippen molar-refractivity contribution in [1.29, 1.82) is 0 Å². The number of aliphatic imine (C=N–C) groups is 1. The second-order valence-electron chi connectivity index (χ2n) is 7.36. The fourth-order valence-electron chi connectivity index (χ4n) is 3.64. The van der Waals surface area contributed by atoms with Crippen LogP contribution in [0.15, 0.2) is 53.5 Å². The Labute approximate surface area is 190 Å². The van der Waals surface area contributed by atoms with Crippen molar-refractivity contribution in [3.63, 3.8) is 0 Å². The first-order valence-electron chi connectivity index (χ1n) is 10.0. The van der Waals surface area contributed by atoms with Crippen molar-refractivity contribution in [2.24, 2.45) is 10.9 Å². The number of aryl methyl sites for hydroxylation is 1. The summed E-state index contributed by atoms with van der Waals surface area (Å²) < 4.78 is 19.4. The Bertz CT molecular complexity index is 782. The van der Waals surface area contributed by atoms with Gasteiger partial charge in [-0.3, -0.25) is 4.99 Å². The van der Waals surface area contributed by atoms with Gasteiger partial charge in [0.25, 0.3) is 0 Å². The molecule has 2 N–H and O–H groups in total. The molecule has 4 nitrogen and oxygen atoms in total. The van der Waals surface area contributed by atoms with E-state index in [1.807, 2.05) is 6.07 Å². The Hall–Kier alpha value is -1.67. The summed E-state index contributed by atoms with van der Waals surface area (Å²) in [5.41, 5.74) is 3.48. The molecule has 1 heterocycles. The van der Waals surface area contributed by atoms with Gasteiger partial charge in [-0.15, -0.1) is 24.0 Å². The van der Waals surface area contributed by atoms with Gasteiger partial charge < -0.3 is 15.4 Å². The number of rotatable bonds is 6. The maximum absolute atomic E-state index is 13.3. The Morgan fingerprint density at radius 2 is 1.97 bits per heavy atom. The Morgan fingerprint density at radius 3 is 2.69 bits per heavy atom. The third-order valence-corrected chi connectivity index (χ3v) is 5.20. The highest BCUT2D eigenvalue weighted by Gasteiger charge is 2.27. The predicted molar refractivity (Wildman–Crippen MR) is 127 cm³/mol. The number of nitrogens with one attached hydrogen (secondary N) is 2. The van der Waals surface area contributed by atoms with Crippen molar-refractivity contribution in [1.82, 2.24) is 10.6 Å². The van der Waals surface area contributed by atoms with Gasteiger partial charge in [0.1, 0.15) is 5.82 Å². The van der Waals surface area contributed by atoms with Crippen LogP contribution in [0.3, 0.4) is 0 Å². The molecule has 1 aliphatic heterocycles. The van der Waals surface area contributed by atoms with Crippen LogP contribution in [0.1, 0.15) is 35.6 Å². The molecule has 1 aliphatic rings. The molecule has 1 fully saturated rings. The van der Waals surface area contributed by atoms with Gasteiger partial charge in [-0.1, -0.05) is 42.0 Å². The van der Waals surface area contributed by atoms with Crippen LogP contribution < -0.4 is 10.6 Å². The van der Waals surface area contributed by atoms with Crippen LogP contribution in [0, 0.1) is 18.7 Å². The van der Waals surface area contributed by atoms with E-state index in [4.69, 9.17) is 4.74 Å². The third kappa shape index (κ3) is 7.26. The van der Waals surface area contributed by atoms with E-state index in [9.17, 15) is 4.39 Å². The number of hydrogen-bond donors (Lipinski definition) is 2. The van der Waals surface area contributed by atoms with Gasteiger partial charge in [-0.05, 0) is 49.4 Å². The molecule has 158 valence electrons. The first-order valence-corrected chi connectivity index (χ1v) is 10.0. The number of benzene rings is 2. The molecule has 0 saturated carbocycles. The number of guanidine groups is 1. The van der Waals surface area contributed by atoms with E-state index in [0.29, 0.717) is 12.5 Å². The molecule has 0 aliphatic carbocycles. The maximum atomic E-state index is 13.3. The van der Waals surface area contributed by atoms with Gasteiger partial charge in [0, 0.05) is 32.7 Å². The molecule has 2 aromatic rings. The van der Waals surface area contributed by atoms with Crippen LogP contribution in [0.25, 0.3) is 0 Å². The predicted octanol–water partition coefficient (Wildman–Crippen LogP) is 4.63. The van der Waals surface area contributed by atoms with Crippen molar-refractivity contribution in [3.8, 4) is 0 Å². The number of ether oxygens (including phenoxy) is 1.